The van der Waals surface area contributed by atoms with Gasteiger partial charge in [0, 0.05) is 18.8 Å². The van der Waals surface area contributed by atoms with Crippen molar-refractivity contribution in [3.05, 3.63) is 74.4 Å². The highest BCUT2D eigenvalue weighted by Gasteiger charge is 2.53. The van der Waals surface area contributed by atoms with Crippen molar-refractivity contribution in [2.75, 3.05) is 24.8 Å². The molecule has 3 aliphatic rings. The number of anilines is 1. The van der Waals surface area contributed by atoms with Gasteiger partial charge < -0.3 is 19.7 Å². The molecule has 6 rings (SSSR count). The van der Waals surface area contributed by atoms with Crippen molar-refractivity contribution in [3.63, 3.8) is 0 Å². The van der Waals surface area contributed by atoms with Crippen molar-refractivity contribution in [1.29, 1.82) is 0 Å². The summed E-state index contributed by atoms with van der Waals surface area (Å²) in [6.07, 6.45) is 3.25. The molecule has 1 unspecified atom stereocenters. The lowest BCUT2D eigenvalue weighted by atomic mass is 9.66. The fraction of sp³-hybridized carbons (Fsp3) is 0.308. The molecule has 6 nitrogen and oxygen atoms in total. The number of nitrogens with one attached hydrogen (secondary N) is 1. The van der Waals surface area contributed by atoms with Crippen LogP contribution in [0.1, 0.15) is 45.6 Å². The Bertz CT molecular complexity index is 1310. The molecule has 3 aromatic rings. The summed E-state index contributed by atoms with van der Waals surface area (Å²) in [7, 11) is 0. The van der Waals surface area contributed by atoms with Crippen LogP contribution in [0.2, 0.25) is 5.02 Å². The van der Waals surface area contributed by atoms with Gasteiger partial charge in [-0.2, -0.15) is 0 Å². The monoisotopic (exact) mass is 494 g/mol. The normalized spacial score (nSPS) is 19.9. The second kappa shape index (κ2) is 8.32. The van der Waals surface area contributed by atoms with Crippen LogP contribution in [-0.2, 0) is 16.6 Å². The molecule has 2 aliphatic heterocycles. The topological polar surface area (TPSA) is 67.9 Å². The Labute approximate surface area is 206 Å². The van der Waals surface area contributed by atoms with Crippen molar-refractivity contribution in [1.82, 2.24) is 5.32 Å². The predicted molar refractivity (Wildman–Crippen MR) is 131 cm³/mol. The van der Waals surface area contributed by atoms with Crippen molar-refractivity contribution in [3.8, 4) is 11.5 Å². The maximum atomic E-state index is 14.1. The van der Waals surface area contributed by atoms with Crippen molar-refractivity contribution in [2.24, 2.45) is 0 Å². The van der Waals surface area contributed by atoms with Crippen LogP contribution >= 0.6 is 22.9 Å². The van der Waals surface area contributed by atoms with Gasteiger partial charge >= 0.3 is 0 Å². The van der Waals surface area contributed by atoms with Gasteiger partial charge in [0.05, 0.1) is 5.02 Å². The van der Waals surface area contributed by atoms with E-state index in [9.17, 15) is 9.59 Å². The minimum atomic E-state index is -0.709. The average Bonchev–Trinajstić information content (AvgIpc) is 3.54. The fourth-order valence-corrected chi connectivity index (χ4v) is 6.55. The van der Waals surface area contributed by atoms with E-state index in [1.807, 2.05) is 35.2 Å². The lowest BCUT2D eigenvalue weighted by molar-refractivity contribution is -0.122. The number of para-hydroxylation sites is 1. The lowest BCUT2D eigenvalue weighted by Crippen LogP contribution is -2.44. The Morgan fingerprint density at radius 1 is 1.15 bits per heavy atom. The molecule has 1 spiro atoms. The molecule has 0 fully saturated rings. The summed E-state index contributed by atoms with van der Waals surface area (Å²) in [5.41, 5.74) is 3.47. The quantitative estimate of drug-likeness (QED) is 0.511. The first-order valence-corrected chi connectivity index (χ1v) is 12.7. The molecule has 34 heavy (non-hydrogen) atoms. The van der Waals surface area contributed by atoms with E-state index in [-0.39, 0.29) is 18.6 Å². The molecule has 0 bridgehead atoms. The SMILES string of the molecule is O=C(NCCCN1C(=O)C2(CCCc3cc4c(cc32)OCO4)c2ccccc21)c1sccc1Cl. The largest absolute Gasteiger partial charge is 0.454 e. The van der Waals surface area contributed by atoms with Crippen LogP contribution in [0.3, 0.4) is 0 Å². The first-order chi connectivity index (χ1) is 16.6. The Kier molecular flexibility index (Phi) is 5.26. The van der Waals surface area contributed by atoms with Gasteiger partial charge in [-0.25, -0.2) is 0 Å². The number of rotatable bonds is 5. The van der Waals surface area contributed by atoms with Crippen LogP contribution in [0.4, 0.5) is 5.69 Å². The molecular weight excluding hydrogens is 472 g/mol. The zero-order chi connectivity index (χ0) is 23.3. The van der Waals surface area contributed by atoms with Crippen LogP contribution in [0.5, 0.6) is 11.5 Å². The highest BCUT2D eigenvalue weighted by Crippen LogP contribution is 2.54. The number of hydrogen-bond acceptors (Lipinski definition) is 5. The minimum absolute atomic E-state index is 0.0983. The predicted octanol–water partition coefficient (Wildman–Crippen LogP) is 4.92. The summed E-state index contributed by atoms with van der Waals surface area (Å²) in [5.74, 6) is 1.38. The van der Waals surface area contributed by atoms with Gasteiger partial charge in [0.25, 0.3) is 5.91 Å². The third-order valence-corrected chi connectivity index (χ3v) is 8.33. The Morgan fingerprint density at radius 3 is 2.79 bits per heavy atom. The van der Waals surface area contributed by atoms with Crippen LogP contribution < -0.4 is 19.7 Å². The highest BCUT2D eigenvalue weighted by molar-refractivity contribution is 7.12. The van der Waals surface area contributed by atoms with Gasteiger partial charge in [-0.3, -0.25) is 9.59 Å². The van der Waals surface area contributed by atoms with E-state index in [1.54, 1.807) is 11.4 Å². The van der Waals surface area contributed by atoms with Crippen molar-refractivity contribution >= 4 is 40.4 Å². The molecule has 1 N–H and O–H groups in total. The van der Waals surface area contributed by atoms with E-state index in [1.165, 1.54) is 11.3 Å². The smallest absolute Gasteiger partial charge is 0.262 e. The Balaban J connectivity index is 1.27. The summed E-state index contributed by atoms with van der Waals surface area (Å²) in [6, 6.07) is 13.9. The van der Waals surface area contributed by atoms with E-state index in [4.69, 9.17) is 21.1 Å². The summed E-state index contributed by atoms with van der Waals surface area (Å²) < 4.78 is 11.3. The van der Waals surface area contributed by atoms with Gasteiger partial charge in [-0.05, 0) is 72.0 Å². The van der Waals surface area contributed by atoms with E-state index in [0.717, 1.165) is 47.4 Å². The standard InChI is InChI=1S/C26H23ClN2O4S/c27-19-8-12-34-23(19)24(30)28-10-4-11-29-20-7-2-1-6-17(20)26(25(29)31)9-3-5-16-13-21-22(14-18(16)26)33-15-32-21/h1-2,6-8,12-14H,3-5,9-11,15H2,(H,28,30). The molecule has 2 aromatic carbocycles. The molecule has 8 heteroatoms. The number of carbonyl (C=O) groups excluding carboxylic acids is 2. The second-order valence-corrected chi connectivity index (χ2v) is 10.1. The number of thiophene rings is 1. The minimum Gasteiger partial charge on any atom is -0.454 e. The summed E-state index contributed by atoms with van der Waals surface area (Å²) in [4.78, 5) is 28.9. The number of carbonyl (C=O) groups is 2. The Morgan fingerprint density at radius 2 is 1.97 bits per heavy atom. The second-order valence-electron chi connectivity index (χ2n) is 8.80. The first-order valence-electron chi connectivity index (χ1n) is 11.5. The van der Waals surface area contributed by atoms with Gasteiger partial charge in [0.2, 0.25) is 12.7 Å². The molecule has 0 saturated heterocycles. The maximum Gasteiger partial charge on any atom is 0.262 e. The summed E-state index contributed by atoms with van der Waals surface area (Å²) in [6.45, 7) is 1.20. The molecule has 1 atom stereocenters. The van der Waals surface area contributed by atoms with E-state index < -0.39 is 5.41 Å². The van der Waals surface area contributed by atoms with Crippen LogP contribution in [0, 0.1) is 0 Å². The summed E-state index contributed by atoms with van der Waals surface area (Å²) >= 11 is 7.39. The number of ether oxygens (including phenoxy) is 2. The van der Waals surface area contributed by atoms with E-state index in [2.05, 4.69) is 11.4 Å². The third-order valence-electron chi connectivity index (χ3n) is 6.99. The first kappa shape index (κ1) is 21.5. The van der Waals surface area contributed by atoms with Crippen LogP contribution in [0.25, 0.3) is 0 Å². The molecule has 0 saturated carbocycles. The highest BCUT2D eigenvalue weighted by atomic mass is 35.5. The molecule has 1 aromatic heterocycles. The molecule has 1 aliphatic carbocycles. The number of aryl methyl sites for hydroxylation is 1. The van der Waals surface area contributed by atoms with Gasteiger partial charge in [0.15, 0.2) is 11.5 Å². The number of hydrogen-bond donors (Lipinski definition) is 1. The van der Waals surface area contributed by atoms with Crippen molar-refractivity contribution < 1.29 is 19.1 Å². The van der Waals surface area contributed by atoms with Gasteiger partial charge in [0.1, 0.15) is 10.3 Å². The molecule has 3 heterocycles. The average molecular weight is 495 g/mol. The number of nitrogens with zero attached hydrogens (tertiary/aromatic N) is 1. The van der Waals surface area contributed by atoms with Crippen LogP contribution in [0.15, 0.2) is 47.8 Å². The van der Waals surface area contributed by atoms with Crippen LogP contribution in [-0.4, -0.2) is 31.7 Å². The maximum absolute atomic E-state index is 14.1. The number of fused-ring (bicyclic) bond motifs is 5. The van der Waals surface area contributed by atoms with Crippen molar-refractivity contribution in [2.45, 2.75) is 31.1 Å². The van der Waals surface area contributed by atoms with E-state index in [0.29, 0.717) is 35.2 Å². The molecule has 174 valence electrons. The third kappa shape index (κ3) is 3.21. The number of halogens is 1. The van der Waals surface area contributed by atoms with E-state index >= 15 is 0 Å². The summed E-state index contributed by atoms with van der Waals surface area (Å²) in [5, 5.41) is 5.18. The number of benzene rings is 2. The fourth-order valence-electron chi connectivity index (χ4n) is 5.49. The lowest BCUT2D eigenvalue weighted by Gasteiger charge is -2.35. The molecule has 2 amide bonds. The van der Waals surface area contributed by atoms with Gasteiger partial charge in [-0.15, -0.1) is 11.3 Å². The van der Waals surface area contributed by atoms with Gasteiger partial charge in [-0.1, -0.05) is 29.8 Å². The number of amides is 2. The zero-order valence-corrected chi connectivity index (χ0v) is 20.0. The molecular formula is C26H23ClN2O4S. The zero-order valence-electron chi connectivity index (χ0n) is 18.4. The Hall–Kier alpha value is -3.03. The molecule has 0 radical (unpaired) electrons.